The van der Waals surface area contributed by atoms with Crippen LogP contribution in [0, 0.1) is 0 Å². The van der Waals surface area contributed by atoms with Gasteiger partial charge in [0, 0.05) is 0 Å². The van der Waals surface area contributed by atoms with Gasteiger partial charge in [-0.25, -0.2) is 14.3 Å². The molecule has 0 saturated carbocycles. The molecule has 1 fully saturated rings. The molecule has 82 valence electrons. The maximum absolute atomic E-state index is 8.88. The highest BCUT2D eigenvalue weighted by atomic mass is 31.2. The van der Waals surface area contributed by atoms with Gasteiger partial charge in [-0.2, -0.15) is 0 Å². The summed E-state index contributed by atoms with van der Waals surface area (Å²) in [5.74, 6) is 0. The summed E-state index contributed by atoms with van der Waals surface area (Å²) in [6.07, 6.45) is 1.59. The minimum atomic E-state index is -4.64. The van der Waals surface area contributed by atoms with E-state index in [4.69, 9.17) is 19.2 Å². The SMILES string of the molecule is CC1COO1.CCC.O=P(O)(O)O. The first-order valence-corrected chi connectivity index (χ1v) is 5.44. The average molecular weight is 216 g/mol. The van der Waals surface area contributed by atoms with E-state index in [-0.39, 0.29) is 0 Å². The van der Waals surface area contributed by atoms with Gasteiger partial charge in [0.25, 0.3) is 0 Å². The summed E-state index contributed by atoms with van der Waals surface area (Å²) in [4.78, 5) is 30.3. The van der Waals surface area contributed by atoms with Crippen molar-refractivity contribution < 1.29 is 29.0 Å². The monoisotopic (exact) mass is 216 g/mol. The fourth-order valence-electron chi connectivity index (χ4n) is 0.204. The van der Waals surface area contributed by atoms with E-state index in [1.54, 1.807) is 0 Å². The van der Waals surface area contributed by atoms with Gasteiger partial charge in [0.15, 0.2) is 0 Å². The molecule has 0 spiro atoms. The molecule has 13 heavy (non-hydrogen) atoms. The van der Waals surface area contributed by atoms with Gasteiger partial charge in [-0.05, 0) is 6.92 Å². The highest BCUT2D eigenvalue weighted by molar-refractivity contribution is 7.45. The molecule has 1 rings (SSSR count). The predicted octanol–water partition coefficient (Wildman–Crippen LogP) is 0.824. The first kappa shape index (κ1) is 15.5. The van der Waals surface area contributed by atoms with Gasteiger partial charge in [-0.15, -0.1) is 0 Å². The van der Waals surface area contributed by atoms with Crippen LogP contribution in [0.2, 0.25) is 0 Å². The molecule has 1 aliphatic heterocycles. The number of hydrogen-bond acceptors (Lipinski definition) is 3. The van der Waals surface area contributed by atoms with Crippen LogP contribution < -0.4 is 0 Å². The molecule has 0 bridgehead atoms. The van der Waals surface area contributed by atoms with Crippen molar-refractivity contribution in [3.8, 4) is 0 Å². The molecule has 1 heterocycles. The van der Waals surface area contributed by atoms with Crippen molar-refractivity contribution in [1.82, 2.24) is 0 Å². The van der Waals surface area contributed by atoms with Crippen molar-refractivity contribution in [1.29, 1.82) is 0 Å². The number of hydrogen-bond donors (Lipinski definition) is 3. The molecule has 1 aliphatic rings. The highest BCUT2D eigenvalue weighted by Crippen LogP contribution is 2.25. The van der Waals surface area contributed by atoms with Crippen LogP contribution in [0.15, 0.2) is 0 Å². The summed E-state index contributed by atoms with van der Waals surface area (Å²) in [6, 6.07) is 0. The molecule has 1 saturated heterocycles. The van der Waals surface area contributed by atoms with Crippen LogP contribution in [0.4, 0.5) is 0 Å². The van der Waals surface area contributed by atoms with Crippen molar-refractivity contribution in [3.63, 3.8) is 0 Å². The zero-order valence-electron chi connectivity index (χ0n) is 8.01. The molecule has 0 aromatic carbocycles. The fourth-order valence-corrected chi connectivity index (χ4v) is 0.204. The maximum Gasteiger partial charge on any atom is 0.466 e. The largest absolute Gasteiger partial charge is 0.466 e. The van der Waals surface area contributed by atoms with Crippen molar-refractivity contribution in [3.05, 3.63) is 0 Å². The summed E-state index contributed by atoms with van der Waals surface area (Å²) >= 11 is 0. The van der Waals surface area contributed by atoms with Crippen LogP contribution in [-0.4, -0.2) is 27.4 Å². The molecular weight excluding hydrogens is 199 g/mol. The number of rotatable bonds is 0. The van der Waals surface area contributed by atoms with E-state index < -0.39 is 7.82 Å². The normalized spacial score (nSPS) is 20.0. The Hall–Kier alpha value is 0.0300. The van der Waals surface area contributed by atoms with Gasteiger partial charge in [0.1, 0.15) is 12.7 Å². The summed E-state index contributed by atoms with van der Waals surface area (Å²) in [7, 11) is -4.64. The molecule has 1 atom stereocenters. The van der Waals surface area contributed by atoms with E-state index in [9.17, 15) is 0 Å². The summed E-state index contributed by atoms with van der Waals surface area (Å²) in [6.45, 7) is 6.98. The second-order valence-corrected chi connectivity index (χ2v) is 3.44. The van der Waals surface area contributed by atoms with Crippen molar-refractivity contribution in [2.75, 3.05) is 6.61 Å². The Morgan fingerprint density at radius 3 is 1.54 bits per heavy atom. The van der Waals surface area contributed by atoms with Crippen LogP contribution in [0.1, 0.15) is 27.2 Å². The quantitative estimate of drug-likeness (QED) is 0.410. The zero-order chi connectivity index (χ0) is 10.9. The van der Waals surface area contributed by atoms with Gasteiger partial charge in [0.2, 0.25) is 0 Å². The Morgan fingerprint density at radius 1 is 1.38 bits per heavy atom. The van der Waals surface area contributed by atoms with Crippen LogP contribution in [0.3, 0.4) is 0 Å². The van der Waals surface area contributed by atoms with Crippen molar-refractivity contribution in [2.24, 2.45) is 0 Å². The molecule has 0 aromatic heterocycles. The lowest BCUT2D eigenvalue weighted by atomic mass is 10.4. The molecule has 7 heteroatoms. The van der Waals surface area contributed by atoms with E-state index in [0.717, 1.165) is 6.61 Å². The third-order valence-electron chi connectivity index (χ3n) is 0.535. The Morgan fingerprint density at radius 2 is 1.54 bits per heavy atom. The molecular formula is C6H17O6P. The Labute approximate surface area is 77.7 Å². The van der Waals surface area contributed by atoms with Gasteiger partial charge < -0.3 is 14.7 Å². The minimum Gasteiger partial charge on any atom is -0.303 e. The number of phosphoric acid groups is 1. The first-order chi connectivity index (χ1) is 5.81. The van der Waals surface area contributed by atoms with Crippen molar-refractivity contribution in [2.45, 2.75) is 33.3 Å². The van der Waals surface area contributed by atoms with Crippen LogP contribution in [0.5, 0.6) is 0 Å². The fraction of sp³-hybridized carbons (Fsp3) is 1.00. The van der Waals surface area contributed by atoms with Gasteiger partial charge in [-0.3, -0.25) is 0 Å². The van der Waals surface area contributed by atoms with E-state index in [1.807, 2.05) is 6.92 Å². The lowest BCUT2D eigenvalue weighted by Gasteiger charge is -2.18. The molecule has 6 nitrogen and oxygen atoms in total. The standard InChI is InChI=1S/C3H6O2.C3H8.H3O4P/c1-3-2-4-5-3;1-3-2;1-5(2,3)4/h3H,2H2,1H3;3H2,1-2H3;(H3,1,2,3,4). The lowest BCUT2D eigenvalue weighted by Crippen LogP contribution is -2.26. The molecule has 0 radical (unpaired) electrons. The second-order valence-electron chi connectivity index (χ2n) is 2.41. The van der Waals surface area contributed by atoms with E-state index in [2.05, 4.69) is 23.6 Å². The van der Waals surface area contributed by atoms with E-state index in [0.29, 0.717) is 6.10 Å². The van der Waals surface area contributed by atoms with Gasteiger partial charge >= 0.3 is 7.82 Å². The first-order valence-electron chi connectivity index (χ1n) is 3.87. The van der Waals surface area contributed by atoms with E-state index in [1.165, 1.54) is 6.42 Å². The van der Waals surface area contributed by atoms with Crippen molar-refractivity contribution >= 4 is 7.82 Å². The summed E-state index contributed by atoms with van der Waals surface area (Å²) in [5, 5.41) is 0. The zero-order valence-corrected chi connectivity index (χ0v) is 8.90. The lowest BCUT2D eigenvalue weighted by molar-refractivity contribution is -0.419. The van der Waals surface area contributed by atoms with Gasteiger partial charge in [0.05, 0.1) is 0 Å². The van der Waals surface area contributed by atoms with Crippen LogP contribution in [0.25, 0.3) is 0 Å². The Kier molecular flexibility index (Phi) is 10.3. The Bertz CT molecular complexity index is 132. The van der Waals surface area contributed by atoms with Crippen LogP contribution >= 0.6 is 7.82 Å². The third-order valence-corrected chi connectivity index (χ3v) is 0.535. The molecule has 3 N–H and O–H groups in total. The molecule has 0 aromatic rings. The molecule has 1 unspecified atom stereocenters. The second kappa shape index (κ2) is 8.62. The van der Waals surface area contributed by atoms with Gasteiger partial charge in [-0.1, -0.05) is 20.3 Å². The topological polar surface area (TPSA) is 96.2 Å². The third kappa shape index (κ3) is 33.3. The van der Waals surface area contributed by atoms with Crippen LogP contribution in [-0.2, 0) is 14.3 Å². The Balaban J connectivity index is 0. The minimum absolute atomic E-state index is 0.343. The smallest absolute Gasteiger partial charge is 0.303 e. The maximum atomic E-state index is 8.88. The molecule has 0 amide bonds. The highest BCUT2D eigenvalue weighted by Gasteiger charge is 2.11. The predicted molar refractivity (Wildman–Crippen MR) is 46.7 cm³/mol. The molecule has 0 aliphatic carbocycles. The summed E-state index contributed by atoms with van der Waals surface area (Å²) in [5.41, 5.74) is 0. The van der Waals surface area contributed by atoms with E-state index >= 15 is 0 Å². The average Bonchev–Trinajstić information content (AvgIpc) is 1.81. The summed E-state index contributed by atoms with van der Waals surface area (Å²) < 4.78 is 8.88.